The average Bonchev–Trinajstić information content (AvgIpc) is 2.89. The third-order valence-electron chi connectivity index (χ3n) is 3.50. The Labute approximate surface area is 111 Å². The van der Waals surface area contributed by atoms with Gasteiger partial charge in [-0.25, -0.2) is 4.98 Å². The lowest BCUT2D eigenvalue weighted by atomic mass is 10.1. The van der Waals surface area contributed by atoms with E-state index in [2.05, 4.69) is 4.98 Å². The van der Waals surface area contributed by atoms with Crippen LogP contribution >= 0.6 is 0 Å². The zero-order valence-corrected chi connectivity index (χ0v) is 11.0. The summed E-state index contributed by atoms with van der Waals surface area (Å²) in [5.41, 5.74) is 0. The molecule has 5 heteroatoms. The number of likely N-dealkylation sites (N-methyl/N-ethyl adjacent to an activating group) is 1. The summed E-state index contributed by atoms with van der Waals surface area (Å²) in [6, 6.07) is 5.85. The highest BCUT2D eigenvalue weighted by Gasteiger charge is 2.18. The van der Waals surface area contributed by atoms with Gasteiger partial charge in [-0.1, -0.05) is 0 Å². The van der Waals surface area contributed by atoms with Crippen LogP contribution in [0.3, 0.4) is 0 Å². The van der Waals surface area contributed by atoms with Crippen molar-refractivity contribution in [1.82, 2.24) is 4.98 Å². The molecule has 0 saturated carbocycles. The number of aromatic nitrogens is 1. The fourth-order valence-corrected chi connectivity index (χ4v) is 2.16. The van der Waals surface area contributed by atoms with Crippen LogP contribution in [0.15, 0.2) is 24.4 Å². The molecule has 1 aliphatic rings. The van der Waals surface area contributed by atoms with Crippen molar-refractivity contribution in [3.05, 3.63) is 24.4 Å². The number of aliphatic hydroxyl groups excluding tert-OH is 1. The number of pyridine rings is 1. The van der Waals surface area contributed by atoms with E-state index in [0.29, 0.717) is 0 Å². The van der Waals surface area contributed by atoms with Crippen molar-refractivity contribution in [1.29, 1.82) is 0 Å². The standard InChI is InChI=1S/C14H16N2O3/c1-9(7-17)16(2)14-11-6-13-12(18-8-19-13)5-10(11)3-4-15-14/h3-6,9,17H,7-8H2,1-2H3. The summed E-state index contributed by atoms with van der Waals surface area (Å²) in [7, 11) is 1.92. The first-order chi connectivity index (χ1) is 9.20. The topological polar surface area (TPSA) is 54.8 Å². The zero-order valence-electron chi connectivity index (χ0n) is 11.0. The molecule has 1 N–H and O–H groups in total. The molecule has 1 aromatic carbocycles. The summed E-state index contributed by atoms with van der Waals surface area (Å²) in [6.07, 6.45) is 1.76. The number of hydrogen-bond donors (Lipinski definition) is 1. The van der Waals surface area contributed by atoms with Gasteiger partial charge in [0.25, 0.3) is 0 Å². The van der Waals surface area contributed by atoms with Gasteiger partial charge in [0.1, 0.15) is 5.82 Å². The van der Waals surface area contributed by atoms with Gasteiger partial charge >= 0.3 is 0 Å². The Morgan fingerprint density at radius 1 is 1.37 bits per heavy atom. The van der Waals surface area contributed by atoms with Crippen molar-refractivity contribution >= 4 is 16.6 Å². The molecule has 0 amide bonds. The molecule has 0 spiro atoms. The Kier molecular flexibility index (Phi) is 2.91. The summed E-state index contributed by atoms with van der Waals surface area (Å²) >= 11 is 0. The number of fused-ring (bicyclic) bond motifs is 2. The molecule has 100 valence electrons. The Morgan fingerprint density at radius 2 is 2.11 bits per heavy atom. The van der Waals surface area contributed by atoms with Gasteiger partial charge in [-0.05, 0) is 30.5 Å². The average molecular weight is 260 g/mol. The number of anilines is 1. The molecule has 1 aliphatic heterocycles. The smallest absolute Gasteiger partial charge is 0.231 e. The van der Waals surface area contributed by atoms with Gasteiger partial charge in [-0.3, -0.25) is 0 Å². The van der Waals surface area contributed by atoms with E-state index in [1.54, 1.807) is 6.20 Å². The Morgan fingerprint density at radius 3 is 2.84 bits per heavy atom. The van der Waals surface area contributed by atoms with Crippen molar-refractivity contribution in [2.45, 2.75) is 13.0 Å². The van der Waals surface area contributed by atoms with Gasteiger partial charge < -0.3 is 19.5 Å². The molecule has 0 bridgehead atoms. The van der Waals surface area contributed by atoms with Crippen LogP contribution in [0.5, 0.6) is 11.5 Å². The minimum absolute atomic E-state index is 0.00326. The number of benzene rings is 1. The van der Waals surface area contributed by atoms with Crippen molar-refractivity contribution in [3.63, 3.8) is 0 Å². The highest BCUT2D eigenvalue weighted by Crippen LogP contribution is 2.38. The normalized spacial score (nSPS) is 14.7. The summed E-state index contributed by atoms with van der Waals surface area (Å²) < 4.78 is 10.8. The van der Waals surface area contributed by atoms with E-state index in [1.807, 2.05) is 37.1 Å². The van der Waals surface area contributed by atoms with Crippen LogP contribution in [0.2, 0.25) is 0 Å². The van der Waals surface area contributed by atoms with Crippen LogP contribution in [0, 0.1) is 0 Å². The van der Waals surface area contributed by atoms with Crippen LogP contribution in [0.25, 0.3) is 10.8 Å². The van der Waals surface area contributed by atoms with Crippen molar-refractivity contribution < 1.29 is 14.6 Å². The van der Waals surface area contributed by atoms with Crippen LogP contribution < -0.4 is 14.4 Å². The molecule has 2 heterocycles. The van der Waals surface area contributed by atoms with E-state index in [9.17, 15) is 5.11 Å². The first-order valence-corrected chi connectivity index (χ1v) is 6.22. The molecular formula is C14H16N2O3. The molecule has 1 atom stereocenters. The second-order valence-corrected chi connectivity index (χ2v) is 4.70. The highest BCUT2D eigenvalue weighted by atomic mass is 16.7. The molecule has 3 rings (SSSR count). The summed E-state index contributed by atoms with van der Waals surface area (Å²) in [6.45, 7) is 2.30. The number of aliphatic hydroxyl groups is 1. The fourth-order valence-electron chi connectivity index (χ4n) is 2.16. The molecule has 19 heavy (non-hydrogen) atoms. The van der Waals surface area contributed by atoms with Gasteiger partial charge in [-0.15, -0.1) is 0 Å². The largest absolute Gasteiger partial charge is 0.454 e. The maximum atomic E-state index is 9.28. The Balaban J connectivity index is 2.15. The van der Waals surface area contributed by atoms with Gasteiger partial charge in [0.2, 0.25) is 6.79 Å². The molecule has 1 unspecified atom stereocenters. The van der Waals surface area contributed by atoms with Gasteiger partial charge in [0.05, 0.1) is 12.6 Å². The summed E-state index contributed by atoms with van der Waals surface area (Å²) in [5, 5.41) is 11.3. The Hall–Kier alpha value is -2.01. The van der Waals surface area contributed by atoms with E-state index in [4.69, 9.17) is 9.47 Å². The minimum atomic E-state index is 0.00326. The van der Waals surface area contributed by atoms with Gasteiger partial charge in [0.15, 0.2) is 11.5 Å². The third-order valence-corrected chi connectivity index (χ3v) is 3.50. The third kappa shape index (κ3) is 1.96. The molecule has 0 fully saturated rings. The zero-order chi connectivity index (χ0) is 13.4. The van der Waals surface area contributed by atoms with E-state index in [0.717, 1.165) is 28.1 Å². The first kappa shape index (κ1) is 12.0. The quantitative estimate of drug-likeness (QED) is 0.911. The molecule has 1 aromatic heterocycles. The van der Waals surface area contributed by atoms with E-state index >= 15 is 0 Å². The number of hydrogen-bond acceptors (Lipinski definition) is 5. The van der Waals surface area contributed by atoms with Crippen molar-refractivity contribution in [2.75, 3.05) is 25.3 Å². The monoisotopic (exact) mass is 260 g/mol. The molecule has 5 nitrogen and oxygen atoms in total. The number of ether oxygens (including phenoxy) is 2. The Bertz CT molecular complexity index is 615. The van der Waals surface area contributed by atoms with E-state index in [-0.39, 0.29) is 19.4 Å². The fraction of sp³-hybridized carbons (Fsp3) is 0.357. The van der Waals surface area contributed by atoms with Crippen LogP contribution in [0.1, 0.15) is 6.92 Å². The predicted octanol–water partition coefficient (Wildman–Crippen LogP) is 1.78. The first-order valence-electron chi connectivity index (χ1n) is 6.22. The SMILES string of the molecule is CC(CO)N(C)c1nccc2cc3c(cc12)OCO3. The summed E-state index contributed by atoms with van der Waals surface area (Å²) in [5.74, 6) is 2.34. The van der Waals surface area contributed by atoms with Crippen LogP contribution in [0.4, 0.5) is 5.82 Å². The molecule has 0 aliphatic carbocycles. The highest BCUT2D eigenvalue weighted by molar-refractivity contribution is 5.94. The van der Waals surface area contributed by atoms with Crippen molar-refractivity contribution in [2.24, 2.45) is 0 Å². The second-order valence-electron chi connectivity index (χ2n) is 4.70. The van der Waals surface area contributed by atoms with Gasteiger partial charge in [0, 0.05) is 18.6 Å². The van der Waals surface area contributed by atoms with Crippen LogP contribution in [-0.2, 0) is 0 Å². The van der Waals surface area contributed by atoms with E-state index in [1.165, 1.54) is 0 Å². The molecule has 2 aromatic rings. The number of nitrogens with zero attached hydrogens (tertiary/aromatic N) is 2. The predicted molar refractivity (Wildman–Crippen MR) is 72.8 cm³/mol. The van der Waals surface area contributed by atoms with E-state index < -0.39 is 0 Å². The number of rotatable bonds is 3. The maximum absolute atomic E-state index is 9.28. The summed E-state index contributed by atoms with van der Waals surface area (Å²) in [4.78, 5) is 6.38. The minimum Gasteiger partial charge on any atom is -0.454 e. The molecule has 0 radical (unpaired) electrons. The van der Waals surface area contributed by atoms with Gasteiger partial charge in [-0.2, -0.15) is 0 Å². The van der Waals surface area contributed by atoms with Crippen LogP contribution in [-0.4, -0.2) is 36.6 Å². The molecular weight excluding hydrogens is 244 g/mol. The lowest BCUT2D eigenvalue weighted by molar-refractivity contribution is 0.174. The second kappa shape index (κ2) is 4.59. The lowest BCUT2D eigenvalue weighted by Gasteiger charge is -2.25. The van der Waals surface area contributed by atoms with Crippen molar-refractivity contribution in [3.8, 4) is 11.5 Å². The molecule has 0 saturated heterocycles. The maximum Gasteiger partial charge on any atom is 0.231 e. The lowest BCUT2D eigenvalue weighted by Crippen LogP contribution is -2.32.